The molecule has 1 atom stereocenters. The smallest absolute Gasteiger partial charge is 0.358 e. The summed E-state index contributed by atoms with van der Waals surface area (Å²) < 4.78 is 15.1. The molecule has 182 valence electrons. The number of aryl methyl sites for hydroxylation is 1. The van der Waals surface area contributed by atoms with Crippen LogP contribution < -0.4 is 10.1 Å². The number of methoxy groups -OCH3 is 1. The molecule has 3 aromatic heterocycles. The van der Waals surface area contributed by atoms with E-state index < -0.39 is 12.0 Å². The van der Waals surface area contributed by atoms with Crippen LogP contribution in [0.5, 0.6) is 5.75 Å². The highest BCUT2D eigenvalue weighted by atomic mass is 79.9. The van der Waals surface area contributed by atoms with Gasteiger partial charge in [0, 0.05) is 23.8 Å². The van der Waals surface area contributed by atoms with Crippen LogP contribution >= 0.6 is 27.5 Å². The van der Waals surface area contributed by atoms with Crippen molar-refractivity contribution < 1.29 is 14.3 Å². The summed E-state index contributed by atoms with van der Waals surface area (Å²) in [5, 5.41) is 12.5. The molecule has 0 amide bonds. The Bertz CT molecular complexity index is 1380. The van der Waals surface area contributed by atoms with Gasteiger partial charge in [-0.2, -0.15) is 0 Å². The Hall–Kier alpha value is -3.37. The maximum atomic E-state index is 12.9. The van der Waals surface area contributed by atoms with Crippen LogP contribution in [0.4, 0.5) is 5.69 Å². The third-order valence-electron chi connectivity index (χ3n) is 5.39. The Balaban J connectivity index is 1.92. The minimum Gasteiger partial charge on any atom is -0.493 e. The van der Waals surface area contributed by atoms with E-state index in [0.29, 0.717) is 39.2 Å². The van der Waals surface area contributed by atoms with E-state index in [9.17, 15) is 4.79 Å². The van der Waals surface area contributed by atoms with Crippen molar-refractivity contribution in [3.05, 3.63) is 81.7 Å². The van der Waals surface area contributed by atoms with E-state index in [0.717, 1.165) is 11.3 Å². The average molecular weight is 560 g/mol. The Labute approximate surface area is 215 Å². The molecule has 0 aliphatic heterocycles. The number of aromatic nitrogens is 5. The van der Waals surface area contributed by atoms with Crippen LogP contribution in [0, 0.1) is 6.92 Å². The normalized spacial score (nSPS) is 11.9. The lowest BCUT2D eigenvalue weighted by Crippen LogP contribution is -2.21. The number of hydrogen-bond acceptors (Lipinski definition) is 7. The van der Waals surface area contributed by atoms with E-state index >= 15 is 0 Å². The molecule has 11 heteroatoms. The van der Waals surface area contributed by atoms with Crippen molar-refractivity contribution in [3.63, 3.8) is 0 Å². The van der Waals surface area contributed by atoms with Gasteiger partial charge in [0.05, 0.1) is 31.1 Å². The SMILES string of the molecule is C=CCn1c(Br)nc(C(=O)OCC)c1C(Nc1cc(OC)c2nnc(C)n2c1)c1ccc(Cl)cc1. The summed E-state index contributed by atoms with van der Waals surface area (Å²) >= 11 is 9.67. The number of esters is 1. The van der Waals surface area contributed by atoms with Crippen molar-refractivity contribution in [1.82, 2.24) is 24.1 Å². The summed E-state index contributed by atoms with van der Waals surface area (Å²) in [6.45, 7) is 8.11. The fourth-order valence-corrected chi connectivity index (χ4v) is 4.46. The molecule has 0 aliphatic rings. The van der Waals surface area contributed by atoms with E-state index in [2.05, 4.69) is 43.0 Å². The van der Waals surface area contributed by atoms with Crippen LogP contribution in [-0.4, -0.2) is 43.8 Å². The van der Waals surface area contributed by atoms with Gasteiger partial charge in [-0.3, -0.25) is 4.40 Å². The molecule has 0 fully saturated rings. The lowest BCUT2D eigenvalue weighted by Gasteiger charge is -2.23. The van der Waals surface area contributed by atoms with Crippen molar-refractivity contribution in [3.8, 4) is 5.75 Å². The number of rotatable bonds is 9. The molecule has 0 bridgehead atoms. The summed E-state index contributed by atoms with van der Waals surface area (Å²) in [6.07, 6.45) is 3.61. The molecule has 1 unspecified atom stereocenters. The minimum absolute atomic E-state index is 0.196. The number of carbonyl (C=O) groups is 1. The zero-order valence-corrected chi connectivity index (χ0v) is 21.8. The van der Waals surface area contributed by atoms with Gasteiger partial charge in [-0.15, -0.1) is 16.8 Å². The van der Waals surface area contributed by atoms with E-state index in [-0.39, 0.29) is 12.3 Å². The van der Waals surface area contributed by atoms with Crippen LogP contribution in [0.15, 0.2) is 53.9 Å². The zero-order chi connectivity index (χ0) is 25.1. The highest BCUT2D eigenvalue weighted by Crippen LogP contribution is 2.34. The first-order valence-corrected chi connectivity index (χ1v) is 12.0. The molecule has 0 spiro atoms. The van der Waals surface area contributed by atoms with Gasteiger partial charge in [0.2, 0.25) is 5.65 Å². The molecule has 0 saturated carbocycles. The van der Waals surface area contributed by atoms with E-state index in [1.807, 2.05) is 40.3 Å². The van der Waals surface area contributed by atoms with Crippen LogP contribution in [-0.2, 0) is 11.3 Å². The summed E-state index contributed by atoms with van der Waals surface area (Å²) in [6, 6.07) is 8.71. The highest BCUT2D eigenvalue weighted by molar-refractivity contribution is 9.10. The number of allylic oxidation sites excluding steroid dienone is 1. The van der Waals surface area contributed by atoms with Crippen LogP contribution in [0.2, 0.25) is 5.02 Å². The number of fused-ring (bicyclic) bond motifs is 1. The number of carbonyl (C=O) groups excluding carboxylic acids is 1. The topological polar surface area (TPSA) is 95.6 Å². The van der Waals surface area contributed by atoms with E-state index in [1.165, 1.54) is 0 Å². The van der Waals surface area contributed by atoms with Gasteiger partial charge < -0.3 is 19.4 Å². The maximum Gasteiger partial charge on any atom is 0.358 e. The fraction of sp³-hybridized carbons (Fsp3) is 0.250. The molecule has 0 saturated heterocycles. The second kappa shape index (κ2) is 10.5. The molecule has 0 radical (unpaired) electrons. The molecule has 4 rings (SSSR count). The molecular formula is C24H24BrClN6O3. The zero-order valence-electron chi connectivity index (χ0n) is 19.5. The second-order valence-corrected chi connectivity index (χ2v) is 8.75. The van der Waals surface area contributed by atoms with Gasteiger partial charge >= 0.3 is 5.97 Å². The van der Waals surface area contributed by atoms with Gasteiger partial charge in [-0.05, 0) is 47.5 Å². The summed E-state index contributed by atoms with van der Waals surface area (Å²) in [4.78, 5) is 17.4. The third kappa shape index (κ3) is 4.89. The number of halogens is 2. The Morgan fingerprint density at radius 2 is 2.06 bits per heavy atom. The standard InChI is InChI=1S/C24H24BrClN6O3/c1-5-11-31-21(20(28-24(31)25)23(33)35-6-2)19(15-7-9-16(26)10-8-15)27-17-12-18(34-4)22-30-29-14(3)32(22)13-17/h5,7-10,12-13,19,27H,1,6,11H2,2-4H3. The molecule has 4 aromatic rings. The van der Waals surface area contributed by atoms with E-state index in [4.69, 9.17) is 21.1 Å². The van der Waals surface area contributed by atoms with E-state index in [1.54, 1.807) is 32.2 Å². The van der Waals surface area contributed by atoms with Gasteiger partial charge in [-0.1, -0.05) is 29.8 Å². The average Bonchev–Trinajstić information content (AvgIpc) is 3.38. The predicted molar refractivity (Wildman–Crippen MR) is 137 cm³/mol. The van der Waals surface area contributed by atoms with Crippen molar-refractivity contribution in [1.29, 1.82) is 0 Å². The fourth-order valence-electron chi connectivity index (χ4n) is 3.82. The lowest BCUT2D eigenvalue weighted by molar-refractivity contribution is 0.0518. The summed E-state index contributed by atoms with van der Waals surface area (Å²) in [5.41, 5.74) is 2.98. The number of nitrogens with zero attached hydrogens (tertiary/aromatic N) is 5. The number of anilines is 1. The van der Waals surface area contributed by atoms with Gasteiger partial charge in [0.25, 0.3) is 0 Å². The lowest BCUT2D eigenvalue weighted by atomic mass is 10.0. The Kier molecular flexibility index (Phi) is 7.42. The van der Waals surface area contributed by atoms with Crippen LogP contribution in [0.1, 0.15) is 40.5 Å². The quantitative estimate of drug-likeness (QED) is 0.222. The number of hydrogen-bond donors (Lipinski definition) is 1. The van der Waals surface area contributed by atoms with Gasteiger partial charge in [0.15, 0.2) is 16.2 Å². The molecule has 35 heavy (non-hydrogen) atoms. The molecular weight excluding hydrogens is 536 g/mol. The predicted octanol–water partition coefficient (Wildman–Crippen LogP) is 5.22. The summed E-state index contributed by atoms with van der Waals surface area (Å²) in [5.74, 6) is 0.739. The van der Waals surface area contributed by atoms with Crippen LogP contribution in [0.3, 0.4) is 0 Å². The Morgan fingerprint density at radius 3 is 2.71 bits per heavy atom. The first-order chi connectivity index (χ1) is 16.9. The van der Waals surface area contributed by atoms with Crippen molar-refractivity contribution in [2.75, 3.05) is 19.0 Å². The number of benzene rings is 1. The largest absolute Gasteiger partial charge is 0.493 e. The number of imidazole rings is 1. The molecule has 9 nitrogen and oxygen atoms in total. The number of pyridine rings is 1. The third-order valence-corrected chi connectivity index (χ3v) is 6.25. The second-order valence-electron chi connectivity index (χ2n) is 7.60. The molecule has 0 aliphatic carbocycles. The maximum absolute atomic E-state index is 12.9. The minimum atomic E-state index is -0.519. The Morgan fingerprint density at radius 1 is 1.31 bits per heavy atom. The first-order valence-electron chi connectivity index (χ1n) is 10.8. The molecule has 1 N–H and O–H groups in total. The number of nitrogens with one attached hydrogen (secondary N) is 1. The highest BCUT2D eigenvalue weighted by Gasteiger charge is 2.30. The van der Waals surface area contributed by atoms with Gasteiger partial charge in [-0.25, -0.2) is 9.78 Å². The monoisotopic (exact) mass is 558 g/mol. The van der Waals surface area contributed by atoms with Crippen molar-refractivity contribution in [2.24, 2.45) is 0 Å². The first kappa shape index (κ1) is 24.7. The number of ether oxygens (including phenoxy) is 2. The van der Waals surface area contributed by atoms with Crippen LogP contribution in [0.25, 0.3) is 5.65 Å². The summed E-state index contributed by atoms with van der Waals surface area (Å²) in [7, 11) is 1.58. The van der Waals surface area contributed by atoms with Crippen molar-refractivity contribution >= 4 is 44.8 Å². The van der Waals surface area contributed by atoms with Crippen molar-refractivity contribution in [2.45, 2.75) is 26.4 Å². The van der Waals surface area contributed by atoms with Gasteiger partial charge in [0.1, 0.15) is 5.82 Å². The molecule has 3 heterocycles. The molecule has 1 aromatic carbocycles.